The molecule has 2 aromatic heterocycles. The monoisotopic (exact) mass is 420 g/mol. The molecule has 9 heteroatoms. The van der Waals surface area contributed by atoms with Crippen LogP contribution in [-0.2, 0) is 0 Å². The topological polar surface area (TPSA) is 48.2 Å². The van der Waals surface area contributed by atoms with Gasteiger partial charge in [-0.05, 0) is 28.1 Å². The van der Waals surface area contributed by atoms with Crippen molar-refractivity contribution in [1.29, 1.82) is 0 Å². The number of ether oxygens (including phenoxy) is 1. The van der Waals surface area contributed by atoms with E-state index in [1.54, 1.807) is 0 Å². The zero-order chi connectivity index (χ0) is 17.7. The molecule has 0 amide bonds. The van der Waals surface area contributed by atoms with Crippen molar-refractivity contribution in [3.63, 3.8) is 0 Å². The average Bonchev–Trinajstić information content (AvgIpc) is 3.19. The van der Waals surface area contributed by atoms with E-state index >= 15 is 0 Å². The summed E-state index contributed by atoms with van der Waals surface area (Å²) in [5.41, 5.74) is -0.658. The molecule has 24 heavy (non-hydrogen) atoms. The average molecular weight is 421 g/mol. The molecule has 0 aliphatic heterocycles. The fourth-order valence-electron chi connectivity index (χ4n) is 1.72. The Morgan fingerprint density at radius 3 is 2.62 bits per heavy atom. The maximum atomic E-state index is 14.1. The van der Waals surface area contributed by atoms with Crippen LogP contribution in [0.25, 0.3) is 11.3 Å². The number of hydrogen-bond acceptors (Lipinski definition) is 5. The summed E-state index contributed by atoms with van der Waals surface area (Å²) in [6.07, 6.45) is -1.27. The molecule has 0 unspecified atom stereocenters. The van der Waals surface area contributed by atoms with E-state index < -0.39 is 17.9 Å². The highest BCUT2D eigenvalue weighted by molar-refractivity contribution is 9.11. The first-order valence-corrected chi connectivity index (χ1v) is 8.48. The van der Waals surface area contributed by atoms with Crippen LogP contribution in [0.15, 0.2) is 38.8 Å². The SMILES string of the molecule is CC.Fc1cccc(Oc2ncc(Br)s2)c1-c1cc(C(F)F)no1. The minimum absolute atomic E-state index is 0.0896. The maximum absolute atomic E-state index is 14.1. The molecule has 0 N–H and O–H groups in total. The van der Waals surface area contributed by atoms with E-state index in [4.69, 9.17) is 9.26 Å². The first-order valence-electron chi connectivity index (χ1n) is 6.87. The minimum atomic E-state index is -2.80. The molecule has 0 bridgehead atoms. The number of hydrogen-bond donors (Lipinski definition) is 0. The molecule has 0 spiro atoms. The van der Waals surface area contributed by atoms with Gasteiger partial charge in [0.25, 0.3) is 11.6 Å². The van der Waals surface area contributed by atoms with Gasteiger partial charge in [0.2, 0.25) is 0 Å². The standard InChI is InChI=1S/C13H6BrF3N2O2S.C2H6/c14-10-5-18-13(22-10)20-8-3-1-2-6(15)11(8)9-4-7(12(16)17)19-21-9;1-2/h1-5,12H;1-2H3. The highest BCUT2D eigenvalue weighted by Gasteiger charge is 2.21. The van der Waals surface area contributed by atoms with E-state index in [1.807, 2.05) is 13.8 Å². The van der Waals surface area contributed by atoms with Crippen LogP contribution in [0.4, 0.5) is 13.2 Å². The zero-order valence-electron chi connectivity index (χ0n) is 12.6. The molecule has 1 aromatic carbocycles. The Hall–Kier alpha value is -1.87. The van der Waals surface area contributed by atoms with Crippen LogP contribution in [0.1, 0.15) is 26.0 Å². The van der Waals surface area contributed by atoms with Gasteiger partial charge in [-0.3, -0.25) is 0 Å². The second-order valence-corrected chi connectivity index (χ2v) is 6.43. The fourth-order valence-corrected chi connectivity index (χ4v) is 2.75. The van der Waals surface area contributed by atoms with Gasteiger partial charge >= 0.3 is 0 Å². The van der Waals surface area contributed by atoms with Crippen LogP contribution in [0, 0.1) is 5.82 Å². The molecule has 0 aliphatic rings. The fraction of sp³-hybridized carbons (Fsp3) is 0.200. The zero-order valence-corrected chi connectivity index (χ0v) is 15.0. The number of thiazole rings is 1. The molecule has 0 aliphatic carbocycles. The molecule has 0 saturated carbocycles. The first kappa shape index (κ1) is 18.5. The van der Waals surface area contributed by atoms with Gasteiger partial charge in [-0.2, -0.15) is 0 Å². The van der Waals surface area contributed by atoms with E-state index in [0.29, 0.717) is 0 Å². The number of aromatic nitrogens is 2. The summed E-state index contributed by atoms with van der Waals surface area (Å²) in [6.45, 7) is 4.00. The third-order valence-corrected chi connectivity index (χ3v) is 3.98. The smallest absolute Gasteiger partial charge is 0.283 e. The van der Waals surface area contributed by atoms with Crippen LogP contribution >= 0.6 is 27.3 Å². The molecule has 4 nitrogen and oxygen atoms in total. The lowest BCUT2D eigenvalue weighted by Gasteiger charge is -2.07. The molecule has 128 valence electrons. The van der Waals surface area contributed by atoms with Crippen LogP contribution in [-0.4, -0.2) is 10.1 Å². The first-order chi connectivity index (χ1) is 11.5. The third-order valence-electron chi connectivity index (χ3n) is 2.63. The van der Waals surface area contributed by atoms with Gasteiger partial charge in [0.15, 0.2) is 5.76 Å². The van der Waals surface area contributed by atoms with E-state index in [0.717, 1.165) is 9.85 Å². The third kappa shape index (κ3) is 4.15. The lowest BCUT2D eigenvalue weighted by atomic mass is 10.1. The lowest BCUT2D eigenvalue weighted by Crippen LogP contribution is -1.90. The normalized spacial score (nSPS) is 10.5. The predicted octanol–water partition coefficient (Wildman–Crippen LogP) is 6.46. The largest absolute Gasteiger partial charge is 0.430 e. The minimum Gasteiger partial charge on any atom is -0.430 e. The van der Waals surface area contributed by atoms with Gasteiger partial charge in [0.1, 0.15) is 17.3 Å². The van der Waals surface area contributed by atoms with Gasteiger partial charge in [-0.1, -0.05) is 36.4 Å². The van der Waals surface area contributed by atoms with E-state index in [-0.39, 0.29) is 22.3 Å². The van der Waals surface area contributed by atoms with Crippen molar-refractivity contribution in [2.75, 3.05) is 0 Å². The highest BCUT2D eigenvalue weighted by atomic mass is 79.9. The van der Waals surface area contributed by atoms with Gasteiger partial charge in [-0.25, -0.2) is 18.2 Å². The van der Waals surface area contributed by atoms with Crippen molar-refractivity contribution in [1.82, 2.24) is 10.1 Å². The number of rotatable bonds is 4. The van der Waals surface area contributed by atoms with Crippen molar-refractivity contribution < 1.29 is 22.4 Å². The van der Waals surface area contributed by atoms with Crippen LogP contribution in [0.5, 0.6) is 10.9 Å². The van der Waals surface area contributed by atoms with E-state index in [2.05, 4.69) is 26.1 Å². The Labute approximate surface area is 148 Å². The van der Waals surface area contributed by atoms with Gasteiger partial charge in [-0.15, -0.1) is 0 Å². The van der Waals surface area contributed by atoms with E-state index in [9.17, 15) is 13.2 Å². The molecular weight excluding hydrogens is 409 g/mol. The Morgan fingerprint density at radius 2 is 2.04 bits per heavy atom. The van der Waals surface area contributed by atoms with Crippen molar-refractivity contribution in [3.8, 4) is 22.3 Å². The summed E-state index contributed by atoms with van der Waals surface area (Å²) in [4.78, 5) is 3.97. The summed E-state index contributed by atoms with van der Waals surface area (Å²) in [5, 5.41) is 3.49. The highest BCUT2D eigenvalue weighted by Crippen LogP contribution is 2.38. The summed E-state index contributed by atoms with van der Waals surface area (Å²) < 4.78 is 50.3. The molecular formula is C15H12BrF3N2O2S. The van der Waals surface area contributed by atoms with Gasteiger partial charge in [0, 0.05) is 6.07 Å². The second-order valence-electron chi connectivity index (χ2n) is 4.06. The molecule has 0 radical (unpaired) electrons. The van der Waals surface area contributed by atoms with Crippen LogP contribution < -0.4 is 4.74 Å². The molecule has 3 aromatic rings. The molecule has 3 rings (SSSR count). The van der Waals surface area contributed by atoms with Gasteiger partial charge in [0.05, 0.1) is 15.5 Å². The lowest BCUT2D eigenvalue weighted by molar-refractivity contribution is 0.140. The molecule has 0 saturated heterocycles. The van der Waals surface area contributed by atoms with Crippen molar-refractivity contribution in [2.24, 2.45) is 0 Å². The maximum Gasteiger partial charge on any atom is 0.283 e. The Kier molecular flexibility index (Phi) is 6.38. The Balaban J connectivity index is 0.00000100. The molecule has 0 atom stereocenters. The molecule has 0 fully saturated rings. The summed E-state index contributed by atoms with van der Waals surface area (Å²) >= 11 is 4.43. The van der Waals surface area contributed by atoms with Gasteiger partial charge < -0.3 is 9.26 Å². The summed E-state index contributed by atoms with van der Waals surface area (Å²) in [5.74, 6) is -0.720. The summed E-state index contributed by atoms with van der Waals surface area (Å²) in [7, 11) is 0. The van der Waals surface area contributed by atoms with Crippen LogP contribution in [0.3, 0.4) is 0 Å². The Bertz CT molecular complexity index is 808. The summed E-state index contributed by atoms with van der Waals surface area (Å²) in [6, 6.07) is 5.07. The van der Waals surface area contributed by atoms with Crippen molar-refractivity contribution in [3.05, 3.63) is 45.8 Å². The predicted molar refractivity (Wildman–Crippen MR) is 88.1 cm³/mol. The number of halogens is 4. The van der Waals surface area contributed by atoms with Crippen molar-refractivity contribution >= 4 is 27.3 Å². The molecule has 2 heterocycles. The number of alkyl halides is 2. The van der Waals surface area contributed by atoms with Crippen LogP contribution in [0.2, 0.25) is 0 Å². The number of benzene rings is 1. The van der Waals surface area contributed by atoms with E-state index in [1.165, 1.54) is 35.7 Å². The Morgan fingerprint density at radius 1 is 1.29 bits per heavy atom. The number of nitrogens with zero attached hydrogens (tertiary/aromatic N) is 2. The quantitative estimate of drug-likeness (QED) is 0.486. The van der Waals surface area contributed by atoms with Crippen molar-refractivity contribution in [2.45, 2.75) is 20.3 Å². The second kappa shape index (κ2) is 8.29.